The summed E-state index contributed by atoms with van der Waals surface area (Å²) in [6.45, 7) is 9.42. The third kappa shape index (κ3) is 7.05. The first-order valence-corrected chi connectivity index (χ1v) is 13.0. The molecule has 37 heavy (non-hydrogen) atoms. The van der Waals surface area contributed by atoms with E-state index in [0.717, 1.165) is 37.7 Å². The molecule has 2 aliphatic rings. The number of ether oxygens (including phenoxy) is 1. The number of hydrogen-bond acceptors (Lipinski definition) is 3. The number of alkyl halides is 2. The van der Waals surface area contributed by atoms with Crippen molar-refractivity contribution in [1.82, 2.24) is 14.8 Å². The van der Waals surface area contributed by atoms with Crippen molar-refractivity contribution in [2.75, 3.05) is 39.5 Å². The first kappa shape index (κ1) is 27.5. The van der Waals surface area contributed by atoms with Crippen LogP contribution >= 0.6 is 0 Å². The van der Waals surface area contributed by atoms with Gasteiger partial charge >= 0.3 is 0 Å². The molecule has 202 valence electrons. The van der Waals surface area contributed by atoms with Crippen molar-refractivity contribution in [3.63, 3.8) is 0 Å². The second-order valence-corrected chi connectivity index (χ2v) is 11.0. The molecule has 1 saturated heterocycles. The smallest absolute Gasteiger partial charge is 0.129 e. The highest BCUT2D eigenvalue weighted by Crippen LogP contribution is 2.32. The van der Waals surface area contributed by atoms with Crippen LogP contribution in [-0.4, -0.2) is 66.5 Å². The summed E-state index contributed by atoms with van der Waals surface area (Å²) < 4.78 is 56.1. The van der Waals surface area contributed by atoms with E-state index in [1.807, 2.05) is 18.7 Å². The molecule has 0 saturated carbocycles. The van der Waals surface area contributed by atoms with E-state index in [4.69, 9.17) is 4.74 Å². The van der Waals surface area contributed by atoms with Crippen LogP contribution in [0.25, 0.3) is 10.9 Å². The summed E-state index contributed by atoms with van der Waals surface area (Å²) in [5, 5.41) is 1.35. The number of para-hydroxylation sites is 1. The molecule has 2 aliphatic heterocycles. The van der Waals surface area contributed by atoms with Gasteiger partial charge in [0.25, 0.3) is 0 Å². The Bertz CT molecular complexity index is 1150. The number of benzene rings is 2. The van der Waals surface area contributed by atoms with Gasteiger partial charge in [0.15, 0.2) is 0 Å². The maximum atomic E-state index is 13.1. The fourth-order valence-electron chi connectivity index (χ4n) is 5.06. The monoisotopic (exact) mass is 519 g/mol. The van der Waals surface area contributed by atoms with Gasteiger partial charge in [-0.3, -0.25) is 18.6 Å². The average molecular weight is 520 g/mol. The van der Waals surface area contributed by atoms with Crippen LogP contribution in [0.1, 0.15) is 38.4 Å². The van der Waals surface area contributed by atoms with Gasteiger partial charge in [-0.05, 0) is 31.4 Å². The lowest BCUT2D eigenvalue weighted by atomic mass is 9.91. The number of nitrogens with zero attached hydrogens (tertiary/aromatic N) is 2. The highest BCUT2D eigenvalue weighted by molar-refractivity contribution is 5.84. The molecule has 0 aliphatic carbocycles. The zero-order valence-electron chi connectivity index (χ0n) is 21.9. The van der Waals surface area contributed by atoms with Crippen molar-refractivity contribution in [1.29, 1.82) is 0 Å². The Morgan fingerprint density at radius 1 is 1.05 bits per heavy atom. The van der Waals surface area contributed by atoms with Crippen LogP contribution in [0.15, 0.2) is 42.5 Å². The summed E-state index contributed by atoms with van der Waals surface area (Å²) in [6.07, 6.45) is 1.50. The Morgan fingerprint density at radius 3 is 2.43 bits per heavy atom. The zero-order valence-corrected chi connectivity index (χ0v) is 21.9. The predicted octanol–water partition coefficient (Wildman–Crippen LogP) is 6.30. The normalized spacial score (nSPS) is 18.7. The standard InChI is InChI=1S/C17H23FN2.C12H14F3NO/c1-12-8-14-13-6-4-5-7-15(13)19-16(14)9-20(12)11-17(2,3)10-18;13-2-1-3-16-7-12(8-16)17-11-5-9(14)4-10(15)6-11/h4-7,12,19H,8-11H2,1-3H3;4-6,12H,1-3,7-8H2/t12-;/m1./s1. The van der Waals surface area contributed by atoms with Crippen molar-refractivity contribution >= 4 is 10.9 Å². The number of aromatic amines is 1. The van der Waals surface area contributed by atoms with E-state index >= 15 is 0 Å². The van der Waals surface area contributed by atoms with E-state index in [0.29, 0.717) is 32.1 Å². The van der Waals surface area contributed by atoms with E-state index in [-0.39, 0.29) is 30.6 Å². The molecule has 0 radical (unpaired) electrons. The molecule has 5 rings (SSSR count). The van der Waals surface area contributed by atoms with Gasteiger partial charge in [-0.25, -0.2) is 8.78 Å². The van der Waals surface area contributed by atoms with Gasteiger partial charge < -0.3 is 9.72 Å². The third-order valence-corrected chi connectivity index (χ3v) is 7.05. The van der Waals surface area contributed by atoms with E-state index < -0.39 is 11.6 Å². The quantitative estimate of drug-likeness (QED) is 0.355. The number of halogens is 4. The van der Waals surface area contributed by atoms with Crippen molar-refractivity contribution in [2.24, 2.45) is 5.41 Å². The van der Waals surface area contributed by atoms with Crippen molar-refractivity contribution in [3.05, 3.63) is 65.4 Å². The van der Waals surface area contributed by atoms with Crippen molar-refractivity contribution in [2.45, 2.75) is 52.3 Å². The molecule has 0 spiro atoms. The molecule has 1 aromatic heterocycles. The first-order valence-electron chi connectivity index (χ1n) is 13.0. The minimum atomic E-state index is -0.645. The largest absolute Gasteiger partial charge is 0.488 e. The van der Waals surface area contributed by atoms with Crippen molar-refractivity contribution in [3.8, 4) is 5.75 Å². The Hall–Kier alpha value is -2.58. The van der Waals surface area contributed by atoms with Gasteiger partial charge in [0, 0.05) is 79.0 Å². The summed E-state index contributed by atoms with van der Waals surface area (Å²) in [4.78, 5) is 7.98. The van der Waals surface area contributed by atoms with Gasteiger partial charge in [0.05, 0.1) is 13.3 Å². The number of likely N-dealkylation sites (tertiary alicyclic amines) is 1. The van der Waals surface area contributed by atoms with Crippen LogP contribution in [0.4, 0.5) is 17.6 Å². The lowest BCUT2D eigenvalue weighted by molar-refractivity contribution is 0.0181. The SMILES string of the molecule is C[C@@H]1Cc2c([nH]c3ccccc23)CN1CC(C)(C)CF.FCCCN1CC(Oc2cc(F)cc(F)c2)C1. The highest BCUT2D eigenvalue weighted by atomic mass is 19.1. The van der Waals surface area contributed by atoms with Crippen LogP contribution in [0.5, 0.6) is 5.75 Å². The van der Waals surface area contributed by atoms with Crippen LogP contribution in [0.3, 0.4) is 0 Å². The number of hydrogen-bond donors (Lipinski definition) is 1. The third-order valence-electron chi connectivity index (χ3n) is 7.05. The fourth-order valence-corrected chi connectivity index (χ4v) is 5.06. The zero-order chi connectivity index (χ0) is 26.6. The summed E-state index contributed by atoms with van der Waals surface area (Å²) in [5.41, 5.74) is 3.70. The molecule has 1 N–H and O–H groups in total. The van der Waals surface area contributed by atoms with Crippen LogP contribution in [0, 0.1) is 17.0 Å². The molecule has 0 amide bonds. The number of fused-ring (bicyclic) bond motifs is 3. The first-order chi connectivity index (χ1) is 17.7. The van der Waals surface area contributed by atoms with E-state index in [1.54, 1.807) is 0 Å². The average Bonchev–Trinajstić information content (AvgIpc) is 3.17. The topological polar surface area (TPSA) is 31.5 Å². The molecule has 2 aromatic carbocycles. The second-order valence-electron chi connectivity index (χ2n) is 11.0. The summed E-state index contributed by atoms with van der Waals surface area (Å²) in [5.74, 6) is -1.08. The van der Waals surface area contributed by atoms with Crippen molar-refractivity contribution < 1.29 is 22.3 Å². The van der Waals surface area contributed by atoms with E-state index in [2.05, 4.69) is 41.1 Å². The maximum absolute atomic E-state index is 13.1. The summed E-state index contributed by atoms with van der Waals surface area (Å²) in [7, 11) is 0. The molecule has 3 aromatic rings. The van der Waals surface area contributed by atoms with Gasteiger partial charge in [-0.1, -0.05) is 32.0 Å². The lowest BCUT2D eigenvalue weighted by Crippen LogP contribution is -2.53. The Balaban J connectivity index is 0.000000176. The highest BCUT2D eigenvalue weighted by Gasteiger charge is 2.30. The van der Waals surface area contributed by atoms with Gasteiger partial charge in [0.2, 0.25) is 0 Å². The van der Waals surface area contributed by atoms with Gasteiger partial charge in [-0.15, -0.1) is 0 Å². The maximum Gasteiger partial charge on any atom is 0.129 e. The fraction of sp³-hybridized carbons (Fsp3) is 0.517. The Labute approximate surface area is 216 Å². The number of aromatic nitrogens is 1. The molecular weight excluding hydrogens is 482 g/mol. The molecule has 4 nitrogen and oxygen atoms in total. The second kappa shape index (κ2) is 11.9. The minimum Gasteiger partial charge on any atom is -0.488 e. The molecule has 8 heteroatoms. The molecule has 0 bridgehead atoms. The molecule has 1 fully saturated rings. The van der Waals surface area contributed by atoms with E-state index in [1.165, 1.54) is 22.2 Å². The summed E-state index contributed by atoms with van der Waals surface area (Å²) >= 11 is 0. The summed E-state index contributed by atoms with van der Waals surface area (Å²) in [6, 6.07) is 12.1. The Kier molecular flexibility index (Phi) is 8.80. The minimum absolute atomic E-state index is 0.0594. The molecule has 1 atom stereocenters. The Morgan fingerprint density at radius 2 is 1.76 bits per heavy atom. The van der Waals surface area contributed by atoms with E-state index in [9.17, 15) is 17.6 Å². The number of nitrogens with one attached hydrogen (secondary N) is 1. The molecule has 0 unspecified atom stereocenters. The number of rotatable bonds is 8. The predicted molar refractivity (Wildman–Crippen MR) is 139 cm³/mol. The van der Waals surface area contributed by atoms with Crippen LogP contribution in [-0.2, 0) is 13.0 Å². The van der Waals surface area contributed by atoms with Gasteiger partial charge in [0.1, 0.15) is 23.5 Å². The molecule has 3 heterocycles. The lowest BCUT2D eigenvalue weighted by Gasteiger charge is -2.38. The van der Waals surface area contributed by atoms with Crippen LogP contribution in [0.2, 0.25) is 0 Å². The molecular formula is C29H37F4N3O. The number of H-pyrrole nitrogens is 1. The van der Waals surface area contributed by atoms with Gasteiger partial charge in [-0.2, -0.15) is 0 Å². The van der Waals surface area contributed by atoms with Crippen LogP contribution < -0.4 is 4.74 Å².